The van der Waals surface area contributed by atoms with E-state index in [1.54, 1.807) is 0 Å². The third-order valence-corrected chi connectivity index (χ3v) is 3.18. The Bertz CT molecular complexity index is 449. The summed E-state index contributed by atoms with van der Waals surface area (Å²) in [6.07, 6.45) is 12.2. The Balaban J connectivity index is 1.68. The van der Waals surface area contributed by atoms with Crippen molar-refractivity contribution in [1.82, 2.24) is 10.4 Å². The molecule has 3 aliphatic rings. The number of hydrazine groups is 1. The van der Waals surface area contributed by atoms with Crippen LogP contribution in [0.4, 0.5) is 0 Å². The number of allylic oxidation sites excluding steroid dienone is 6. The minimum Gasteiger partial charge on any atom is -0.285 e. The molecule has 82 valence electrons. The molecule has 1 N–H and O–H groups in total. The molecular formula is C13H14N2O. The molecule has 1 heterocycles. The molecule has 0 aromatic carbocycles. The van der Waals surface area contributed by atoms with Crippen LogP contribution in [0.2, 0.25) is 0 Å². The maximum absolute atomic E-state index is 12.0. The van der Waals surface area contributed by atoms with Gasteiger partial charge in [-0.2, -0.15) is 0 Å². The van der Waals surface area contributed by atoms with E-state index in [-0.39, 0.29) is 5.91 Å². The van der Waals surface area contributed by atoms with E-state index in [1.165, 1.54) is 12.8 Å². The van der Waals surface area contributed by atoms with Gasteiger partial charge in [-0.3, -0.25) is 10.2 Å². The van der Waals surface area contributed by atoms with Crippen molar-refractivity contribution in [2.75, 3.05) is 13.1 Å². The fraction of sp³-hybridized carbons (Fsp3) is 0.308. The summed E-state index contributed by atoms with van der Waals surface area (Å²) < 4.78 is 0. The van der Waals surface area contributed by atoms with E-state index in [0.29, 0.717) is 0 Å². The highest BCUT2D eigenvalue weighted by Gasteiger charge is 2.23. The molecule has 0 aromatic rings. The molecule has 0 radical (unpaired) electrons. The van der Waals surface area contributed by atoms with Crippen LogP contribution in [-0.2, 0) is 4.79 Å². The van der Waals surface area contributed by atoms with Crippen LogP contribution >= 0.6 is 0 Å². The lowest BCUT2D eigenvalue weighted by molar-refractivity contribution is -0.121. The Morgan fingerprint density at radius 3 is 2.81 bits per heavy atom. The van der Waals surface area contributed by atoms with Gasteiger partial charge in [-0.25, -0.2) is 5.01 Å². The quantitative estimate of drug-likeness (QED) is 0.755. The van der Waals surface area contributed by atoms with Crippen LogP contribution < -0.4 is 5.43 Å². The van der Waals surface area contributed by atoms with Crippen molar-refractivity contribution in [3.8, 4) is 0 Å². The highest BCUT2D eigenvalue weighted by atomic mass is 16.2. The molecule has 0 unspecified atom stereocenters. The van der Waals surface area contributed by atoms with Crippen molar-refractivity contribution >= 4 is 5.91 Å². The molecule has 3 rings (SSSR count). The van der Waals surface area contributed by atoms with Crippen molar-refractivity contribution in [1.29, 1.82) is 0 Å². The number of nitrogens with zero attached hydrogens (tertiary/aromatic N) is 1. The van der Waals surface area contributed by atoms with Gasteiger partial charge in [0, 0.05) is 18.7 Å². The first-order valence-electron chi connectivity index (χ1n) is 5.71. The number of fused-ring (bicyclic) bond motifs is 1. The predicted octanol–water partition coefficient (Wildman–Crippen LogP) is 1.48. The summed E-state index contributed by atoms with van der Waals surface area (Å²) in [5.74, 6) is 0.0168. The number of hydrogen-bond acceptors (Lipinski definition) is 2. The smallest absolute Gasteiger partial charge is 0.266 e. The van der Waals surface area contributed by atoms with Crippen LogP contribution in [0.1, 0.15) is 12.8 Å². The summed E-state index contributed by atoms with van der Waals surface area (Å²) >= 11 is 0. The van der Waals surface area contributed by atoms with Crippen molar-refractivity contribution in [2.45, 2.75) is 12.8 Å². The fourth-order valence-electron chi connectivity index (χ4n) is 2.32. The number of carbonyl (C=O) groups is 1. The van der Waals surface area contributed by atoms with Gasteiger partial charge < -0.3 is 0 Å². The van der Waals surface area contributed by atoms with Gasteiger partial charge in [0.1, 0.15) is 0 Å². The van der Waals surface area contributed by atoms with Crippen molar-refractivity contribution in [3.63, 3.8) is 0 Å². The number of rotatable bonds is 2. The molecule has 0 spiro atoms. The molecule has 1 fully saturated rings. The zero-order chi connectivity index (χ0) is 11.0. The zero-order valence-electron chi connectivity index (χ0n) is 9.07. The van der Waals surface area contributed by atoms with Gasteiger partial charge in [-0.05, 0) is 30.1 Å². The third kappa shape index (κ3) is 1.53. The van der Waals surface area contributed by atoms with Crippen molar-refractivity contribution in [3.05, 3.63) is 47.1 Å². The number of hydrogen-bond donors (Lipinski definition) is 1. The molecule has 3 nitrogen and oxygen atoms in total. The topological polar surface area (TPSA) is 32.3 Å². The molecule has 1 amide bonds. The lowest BCUT2D eigenvalue weighted by atomic mass is 10.1. The average Bonchev–Trinajstić information content (AvgIpc) is 2.92. The average molecular weight is 214 g/mol. The second kappa shape index (κ2) is 3.76. The largest absolute Gasteiger partial charge is 0.285 e. The maximum atomic E-state index is 12.0. The maximum Gasteiger partial charge on any atom is 0.266 e. The Morgan fingerprint density at radius 1 is 1.19 bits per heavy atom. The summed E-state index contributed by atoms with van der Waals surface area (Å²) in [4.78, 5) is 12.0. The molecular weight excluding hydrogens is 200 g/mol. The summed E-state index contributed by atoms with van der Waals surface area (Å²) in [5, 5.41) is 2.00. The molecule has 0 bridgehead atoms. The molecule has 1 aliphatic heterocycles. The number of carbonyl (C=O) groups excluding carboxylic acids is 1. The summed E-state index contributed by atoms with van der Waals surface area (Å²) in [5.41, 5.74) is 5.94. The van der Waals surface area contributed by atoms with Gasteiger partial charge in [-0.15, -0.1) is 0 Å². The predicted molar refractivity (Wildman–Crippen MR) is 62.3 cm³/mol. The van der Waals surface area contributed by atoms with Crippen LogP contribution in [0.25, 0.3) is 0 Å². The second-order valence-electron chi connectivity index (χ2n) is 4.28. The molecule has 0 saturated carbocycles. The first kappa shape index (κ1) is 9.60. The Kier molecular flexibility index (Phi) is 2.26. The fourth-order valence-corrected chi connectivity index (χ4v) is 2.32. The lowest BCUT2D eigenvalue weighted by Crippen LogP contribution is -2.40. The highest BCUT2D eigenvalue weighted by molar-refractivity contribution is 6.01. The van der Waals surface area contributed by atoms with E-state index in [0.717, 1.165) is 29.8 Å². The summed E-state index contributed by atoms with van der Waals surface area (Å²) in [6, 6.07) is 0. The lowest BCUT2D eigenvalue weighted by Gasteiger charge is -2.17. The zero-order valence-corrected chi connectivity index (χ0v) is 9.07. The normalized spacial score (nSPS) is 22.9. The molecule has 1 saturated heterocycles. The highest BCUT2D eigenvalue weighted by Crippen LogP contribution is 2.31. The van der Waals surface area contributed by atoms with Crippen LogP contribution in [0, 0.1) is 0 Å². The monoisotopic (exact) mass is 214 g/mol. The van der Waals surface area contributed by atoms with Gasteiger partial charge in [-0.1, -0.05) is 24.3 Å². The first-order valence-corrected chi connectivity index (χ1v) is 5.71. The SMILES string of the molecule is O=C(NN1CCCC1)C1=CC=C2C=CC=C21. The van der Waals surface area contributed by atoms with Crippen LogP contribution in [0.3, 0.4) is 0 Å². The molecule has 2 aliphatic carbocycles. The molecule has 3 heteroatoms. The number of nitrogens with one attached hydrogen (secondary N) is 1. The van der Waals surface area contributed by atoms with Crippen molar-refractivity contribution < 1.29 is 4.79 Å². The van der Waals surface area contributed by atoms with E-state index in [2.05, 4.69) is 5.43 Å². The van der Waals surface area contributed by atoms with E-state index < -0.39 is 0 Å². The molecule has 0 aromatic heterocycles. The third-order valence-electron chi connectivity index (χ3n) is 3.18. The number of amides is 1. The minimum absolute atomic E-state index is 0.0168. The van der Waals surface area contributed by atoms with E-state index in [4.69, 9.17) is 0 Å². The Hall–Kier alpha value is -1.61. The Morgan fingerprint density at radius 2 is 2.00 bits per heavy atom. The van der Waals surface area contributed by atoms with E-state index in [9.17, 15) is 4.79 Å². The Labute approximate surface area is 94.8 Å². The summed E-state index contributed by atoms with van der Waals surface area (Å²) in [6.45, 7) is 1.94. The summed E-state index contributed by atoms with van der Waals surface area (Å²) in [7, 11) is 0. The standard InChI is InChI=1S/C13H14N2O/c16-13(14-15-8-1-2-9-15)12-7-6-10-4-3-5-11(10)12/h3-7H,1-2,8-9H2,(H,14,16). The first-order chi connectivity index (χ1) is 7.84. The van der Waals surface area contributed by atoms with Crippen LogP contribution in [-0.4, -0.2) is 24.0 Å². The minimum atomic E-state index is 0.0168. The van der Waals surface area contributed by atoms with Gasteiger partial charge in [0.05, 0.1) is 0 Å². The van der Waals surface area contributed by atoms with E-state index in [1.807, 2.05) is 35.4 Å². The second-order valence-corrected chi connectivity index (χ2v) is 4.28. The van der Waals surface area contributed by atoms with Gasteiger partial charge in [0.25, 0.3) is 5.91 Å². The van der Waals surface area contributed by atoms with Gasteiger partial charge in [0.15, 0.2) is 0 Å². The van der Waals surface area contributed by atoms with Crippen LogP contribution in [0.5, 0.6) is 0 Å². The van der Waals surface area contributed by atoms with E-state index >= 15 is 0 Å². The van der Waals surface area contributed by atoms with Crippen LogP contribution in [0.15, 0.2) is 47.1 Å². The van der Waals surface area contributed by atoms with Gasteiger partial charge >= 0.3 is 0 Å². The van der Waals surface area contributed by atoms with Gasteiger partial charge in [0.2, 0.25) is 0 Å². The van der Waals surface area contributed by atoms with Crippen molar-refractivity contribution in [2.24, 2.45) is 0 Å². The molecule has 0 atom stereocenters. The molecule has 16 heavy (non-hydrogen) atoms.